The van der Waals surface area contributed by atoms with Crippen molar-refractivity contribution in [2.75, 3.05) is 19.8 Å². The van der Waals surface area contributed by atoms with Crippen molar-refractivity contribution in [1.29, 1.82) is 0 Å². The summed E-state index contributed by atoms with van der Waals surface area (Å²) in [5.41, 5.74) is 1.85. The molecule has 0 spiro atoms. The maximum absolute atomic E-state index is 11.4. The van der Waals surface area contributed by atoms with Crippen LogP contribution in [0.25, 0.3) is 0 Å². The topological polar surface area (TPSA) is 88.0 Å². The lowest BCUT2D eigenvalue weighted by atomic mass is 10.0. The molecule has 0 saturated carbocycles. The van der Waals surface area contributed by atoms with Crippen molar-refractivity contribution in [3.05, 3.63) is 58.1 Å². The first-order valence-corrected chi connectivity index (χ1v) is 9.97. The minimum Gasteiger partial charge on any atom is -0.508 e. The van der Waals surface area contributed by atoms with Crippen molar-refractivity contribution in [2.45, 2.75) is 32.4 Å². The van der Waals surface area contributed by atoms with Crippen LogP contribution in [0.15, 0.2) is 46.9 Å². The number of benzene rings is 2. The molecule has 0 aliphatic carbocycles. The Labute approximate surface area is 173 Å². The number of hydrogen-bond acceptors (Lipinski definition) is 6. The molecule has 0 saturated heterocycles. The number of phenolic OH excluding ortho intramolecular Hbond substituents is 1. The zero-order valence-electron chi connectivity index (χ0n) is 16.0. The molecule has 0 aliphatic rings. The fraction of sp³-hybridized carbons (Fsp3) is 0.381. The Hall–Kier alpha value is -2.09. The van der Waals surface area contributed by atoms with E-state index in [0.717, 1.165) is 22.0 Å². The molecule has 2 aromatic rings. The van der Waals surface area contributed by atoms with Crippen LogP contribution in [0.4, 0.5) is 0 Å². The van der Waals surface area contributed by atoms with Gasteiger partial charge in [-0.25, -0.2) is 4.79 Å². The molecule has 2 aromatic carbocycles. The summed E-state index contributed by atoms with van der Waals surface area (Å²) in [5.74, 6) is 0.363. The van der Waals surface area contributed by atoms with Crippen molar-refractivity contribution in [2.24, 2.45) is 0 Å². The van der Waals surface area contributed by atoms with Gasteiger partial charge in [-0.1, -0.05) is 18.2 Å². The summed E-state index contributed by atoms with van der Waals surface area (Å²) in [5, 5.41) is 23.0. The van der Waals surface area contributed by atoms with E-state index in [1.807, 2.05) is 25.1 Å². The number of nitrogens with one attached hydrogen (secondary N) is 1. The van der Waals surface area contributed by atoms with Crippen LogP contribution < -0.4 is 10.1 Å². The first-order chi connectivity index (χ1) is 13.4. The predicted molar refractivity (Wildman–Crippen MR) is 111 cm³/mol. The molecule has 6 nitrogen and oxygen atoms in total. The van der Waals surface area contributed by atoms with Crippen LogP contribution in [0.2, 0.25) is 0 Å². The van der Waals surface area contributed by atoms with E-state index in [2.05, 4.69) is 21.2 Å². The summed E-state index contributed by atoms with van der Waals surface area (Å²) in [6, 6.07) is 12.1. The van der Waals surface area contributed by atoms with E-state index in [1.165, 1.54) is 0 Å². The second-order valence-corrected chi connectivity index (χ2v) is 7.24. The van der Waals surface area contributed by atoms with Gasteiger partial charge in [-0.05, 0) is 78.1 Å². The third-order valence-electron chi connectivity index (χ3n) is 4.24. The smallest absolute Gasteiger partial charge is 0.344 e. The van der Waals surface area contributed by atoms with Crippen molar-refractivity contribution in [3.63, 3.8) is 0 Å². The van der Waals surface area contributed by atoms with E-state index in [-0.39, 0.29) is 18.4 Å². The Morgan fingerprint density at radius 2 is 1.93 bits per heavy atom. The highest BCUT2D eigenvalue weighted by atomic mass is 79.9. The van der Waals surface area contributed by atoms with Gasteiger partial charge in [-0.15, -0.1) is 0 Å². The number of esters is 1. The molecule has 0 aliphatic heterocycles. The standard InChI is InChI=1S/C21H26BrNO5/c1-3-27-20(25)13-28-19-9-4-15(12-18(19)22)10-11-23-14(2)21(26)16-5-7-17(24)8-6-16/h4-9,12,14,21,23-24,26H,3,10-11,13H2,1-2H3/t14-,21-/m0/s1. The number of hydrogen-bond donors (Lipinski definition) is 3. The van der Waals surface area contributed by atoms with Gasteiger partial charge in [0.15, 0.2) is 6.61 Å². The van der Waals surface area contributed by atoms with Crippen molar-refractivity contribution in [1.82, 2.24) is 5.32 Å². The number of aliphatic hydroxyl groups is 1. The van der Waals surface area contributed by atoms with E-state index in [0.29, 0.717) is 18.9 Å². The lowest BCUT2D eigenvalue weighted by Gasteiger charge is -2.21. The highest BCUT2D eigenvalue weighted by Crippen LogP contribution is 2.26. The highest BCUT2D eigenvalue weighted by Gasteiger charge is 2.15. The summed E-state index contributed by atoms with van der Waals surface area (Å²) in [6.07, 6.45) is 0.106. The molecule has 0 bridgehead atoms. The maximum atomic E-state index is 11.4. The normalized spacial score (nSPS) is 13.0. The minimum absolute atomic E-state index is 0.125. The van der Waals surface area contributed by atoms with Crippen molar-refractivity contribution < 1.29 is 24.5 Å². The SMILES string of the molecule is CCOC(=O)COc1ccc(CCN[C@@H](C)[C@H](O)c2ccc(O)cc2)cc1Br. The number of carbonyl (C=O) groups is 1. The van der Waals surface area contributed by atoms with E-state index in [4.69, 9.17) is 9.47 Å². The van der Waals surface area contributed by atoms with Crippen molar-refractivity contribution in [3.8, 4) is 11.5 Å². The molecule has 0 fully saturated rings. The molecule has 0 radical (unpaired) electrons. The molecule has 0 amide bonds. The number of aromatic hydroxyl groups is 1. The van der Waals surface area contributed by atoms with Gasteiger partial charge in [-0.2, -0.15) is 0 Å². The van der Waals surface area contributed by atoms with Gasteiger partial charge in [0.2, 0.25) is 0 Å². The average Bonchev–Trinajstić information content (AvgIpc) is 2.67. The number of ether oxygens (including phenoxy) is 2. The third kappa shape index (κ3) is 6.82. The van der Waals surface area contributed by atoms with Crippen LogP contribution in [0.1, 0.15) is 31.1 Å². The third-order valence-corrected chi connectivity index (χ3v) is 4.86. The monoisotopic (exact) mass is 451 g/mol. The number of aliphatic hydroxyl groups excluding tert-OH is 1. The molecule has 3 N–H and O–H groups in total. The Morgan fingerprint density at radius 3 is 2.57 bits per heavy atom. The van der Waals surface area contributed by atoms with Gasteiger partial charge in [0.1, 0.15) is 11.5 Å². The number of rotatable bonds is 10. The molecule has 0 heterocycles. The van der Waals surface area contributed by atoms with Crippen molar-refractivity contribution >= 4 is 21.9 Å². The molecule has 28 heavy (non-hydrogen) atoms. The fourth-order valence-corrected chi connectivity index (χ4v) is 3.21. The second kappa shape index (κ2) is 11.0. The van der Waals surface area contributed by atoms with Crippen LogP contribution in [0.5, 0.6) is 11.5 Å². The largest absolute Gasteiger partial charge is 0.508 e. The Morgan fingerprint density at radius 1 is 1.21 bits per heavy atom. The van der Waals surface area contributed by atoms with Crippen LogP contribution in [-0.4, -0.2) is 42.0 Å². The molecular formula is C21H26BrNO5. The van der Waals surface area contributed by atoms with Crippen LogP contribution >= 0.6 is 15.9 Å². The minimum atomic E-state index is -0.661. The van der Waals surface area contributed by atoms with Gasteiger partial charge in [0.05, 0.1) is 17.2 Å². The first kappa shape index (κ1) is 22.2. The highest BCUT2D eigenvalue weighted by molar-refractivity contribution is 9.10. The molecule has 0 aromatic heterocycles. The molecule has 2 rings (SSSR count). The first-order valence-electron chi connectivity index (χ1n) is 9.18. The Bertz CT molecular complexity index is 766. The summed E-state index contributed by atoms with van der Waals surface area (Å²) in [4.78, 5) is 11.4. The quantitative estimate of drug-likeness (QED) is 0.480. The van der Waals surface area contributed by atoms with E-state index >= 15 is 0 Å². The Kier molecular flexibility index (Phi) is 8.76. The second-order valence-electron chi connectivity index (χ2n) is 6.39. The van der Waals surface area contributed by atoms with Gasteiger partial charge in [0, 0.05) is 6.04 Å². The summed E-state index contributed by atoms with van der Waals surface area (Å²) >= 11 is 3.46. The summed E-state index contributed by atoms with van der Waals surface area (Å²) in [7, 11) is 0. The van der Waals surface area contributed by atoms with E-state index in [1.54, 1.807) is 31.2 Å². The van der Waals surface area contributed by atoms with E-state index < -0.39 is 12.1 Å². The Balaban J connectivity index is 1.81. The number of carbonyl (C=O) groups excluding carboxylic acids is 1. The average molecular weight is 452 g/mol. The van der Waals surface area contributed by atoms with Gasteiger partial charge in [0.25, 0.3) is 0 Å². The zero-order valence-corrected chi connectivity index (χ0v) is 17.6. The van der Waals surface area contributed by atoms with Gasteiger partial charge >= 0.3 is 5.97 Å². The lowest BCUT2D eigenvalue weighted by Crippen LogP contribution is -2.33. The fourth-order valence-electron chi connectivity index (χ4n) is 2.67. The van der Waals surface area contributed by atoms with Crippen LogP contribution in [-0.2, 0) is 16.0 Å². The zero-order chi connectivity index (χ0) is 20.5. The number of halogens is 1. The number of phenols is 1. The lowest BCUT2D eigenvalue weighted by molar-refractivity contribution is -0.145. The summed E-state index contributed by atoms with van der Waals surface area (Å²) in [6.45, 7) is 4.56. The molecular weight excluding hydrogens is 426 g/mol. The van der Waals surface area contributed by atoms with Gasteiger partial charge < -0.3 is 25.0 Å². The summed E-state index contributed by atoms with van der Waals surface area (Å²) < 4.78 is 11.1. The maximum Gasteiger partial charge on any atom is 0.344 e. The van der Waals surface area contributed by atoms with Gasteiger partial charge in [-0.3, -0.25) is 0 Å². The molecule has 2 atom stereocenters. The molecule has 7 heteroatoms. The predicted octanol–water partition coefficient (Wildman–Crippen LogP) is 3.35. The van der Waals surface area contributed by atoms with E-state index in [9.17, 15) is 15.0 Å². The molecule has 0 unspecified atom stereocenters. The molecule has 152 valence electrons. The van der Waals surface area contributed by atoms with Crippen LogP contribution in [0.3, 0.4) is 0 Å². The van der Waals surface area contributed by atoms with Crippen LogP contribution in [0, 0.1) is 0 Å².